The van der Waals surface area contributed by atoms with Gasteiger partial charge in [-0.15, -0.1) is 22.7 Å². The van der Waals surface area contributed by atoms with E-state index in [2.05, 4.69) is 6.07 Å². The summed E-state index contributed by atoms with van der Waals surface area (Å²) in [7, 11) is 1.38. The van der Waals surface area contributed by atoms with Crippen LogP contribution in [0, 0.1) is 0 Å². The van der Waals surface area contributed by atoms with Gasteiger partial charge in [-0.05, 0) is 29.9 Å². The molecule has 100 valence electrons. The van der Waals surface area contributed by atoms with E-state index in [1.807, 2.05) is 29.2 Å². The minimum absolute atomic E-state index is 0.356. The molecule has 2 N–H and O–H groups in total. The Bertz CT molecular complexity index is 606. The van der Waals surface area contributed by atoms with Crippen LogP contribution in [0.4, 0.5) is 5.69 Å². The summed E-state index contributed by atoms with van der Waals surface area (Å²) in [5, 5.41) is 0. The second kappa shape index (κ2) is 5.19. The summed E-state index contributed by atoms with van der Waals surface area (Å²) in [6.07, 6.45) is 1.15. The van der Waals surface area contributed by atoms with Crippen LogP contribution in [0.2, 0.25) is 0 Å². The predicted octanol–water partition coefficient (Wildman–Crippen LogP) is 3.63. The number of nitrogen functional groups attached to an aromatic ring is 1. The van der Waals surface area contributed by atoms with Gasteiger partial charge in [0.1, 0.15) is 4.88 Å². The molecule has 0 unspecified atom stereocenters. The van der Waals surface area contributed by atoms with Gasteiger partial charge in [0.15, 0.2) is 0 Å². The SMILES string of the molecule is COC(=O)c1sc(-c2cc3c(s2)CCSC3)cc1N. The molecule has 1 aliphatic rings. The van der Waals surface area contributed by atoms with Crippen molar-refractivity contribution < 1.29 is 9.53 Å². The van der Waals surface area contributed by atoms with Gasteiger partial charge in [0.2, 0.25) is 0 Å². The van der Waals surface area contributed by atoms with Crippen LogP contribution in [0.1, 0.15) is 20.1 Å². The predicted molar refractivity (Wildman–Crippen MR) is 83.2 cm³/mol. The van der Waals surface area contributed by atoms with E-state index < -0.39 is 0 Å². The number of ether oxygens (including phenoxy) is 1. The van der Waals surface area contributed by atoms with E-state index in [0.717, 1.165) is 17.1 Å². The minimum Gasteiger partial charge on any atom is -0.465 e. The fraction of sp³-hybridized carbons (Fsp3) is 0.308. The molecule has 0 bridgehead atoms. The largest absolute Gasteiger partial charge is 0.465 e. The van der Waals surface area contributed by atoms with Crippen molar-refractivity contribution >= 4 is 46.1 Å². The minimum atomic E-state index is -0.356. The first-order valence-electron chi connectivity index (χ1n) is 5.86. The lowest BCUT2D eigenvalue weighted by molar-refractivity contribution is 0.0607. The second-order valence-corrected chi connectivity index (χ2v) is 7.54. The maximum Gasteiger partial charge on any atom is 0.350 e. The number of fused-ring (bicyclic) bond motifs is 1. The summed E-state index contributed by atoms with van der Waals surface area (Å²) in [6.45, 7) is 0. The Hall–Kier alpha value is -0.980. The second-order valence-electron chi connectivity index (χ2n) is 4.25. The lowest BCUT2D eigenvalue weighted by Gasteiger charge is -2.08. The first-order valence-corrected chi connectivity index (χ1v) is 8.65. The number of aryl methyl sites for hydroxylation is 1. The number of anilines is 1. The quantitative estimate of drug-likeness (QED) is 0.860. The number of thioether (sulfide) groups is 1. The molecule has 2 aromatic rings. The molecule has 0 aliphatic carbocycles. The van der Waals surface area contributed by atoms with Crippen LogP contribution in [0.5, 0.6) is 0 Å². The van der Waals surface area contributed by atoms with E-state index in [0.29, 0.717) is 10.6 Å². The van der Waals surface area contributed by atoms with Gasteiger partial charge in [0, 0.05) is 20.4 Å². The lowest BCUT2D eigenvalue weighted by Crippen LogP contribution is -2.00. The smallest absolute Gasteiger partial charge is 0.350 e. The molecule has 1 aliphatic heterocycles. The number of carbonyl (C=O) groups is 1. The summed E-state index contributed by atoms with van der Waals surface area (Å²) < 4.78 is 4.74. The number of thiophene rings is 2. The Morgan fingerprint density at radius 1 is 1.32 bits per heavy atom. The van der Waals surface area contributed by atoms with Gasteiger partial charge in [0.25, 0.3) is 0 Å². The van der Waals surface area contributed by atoms with Gasteiger partial charge >= 0.3 is 5.97 Å². The molecular formula is C13H13NO2S3. The number of hydrogen-bond donors (Lipinski definition) is 1. The topological polar surface area (TPSA) is 52.3 Å². The van der Waals surface area contributed by atoms with Gasteiger partial charge < -0.3 is 10.5 Å². The highest BCUT2D eigenvalue weighted by Crippen LogP contribution is 2.41. The number of carbonyl (C=O) groups excluding carboxylic acids is 1. The van der Waals surface area contributed by atoms with Crippen LogP contribution in [-0.2, 0) is 16.9 Å². The van der Waals surface area contributed by atoms with E-state index in [4.69, 9.17) is 10.5 Å². The summed E-state index contributed by atoms with van der Waals surface area (Å²) >= 11 is 5.21. The Balaban J connectivity index is 1.98. The highest BCUT2D eigenvalue weighted by atomic mass is 32.2. The summed E-state index contributed by atoms with van der Waals surface area (Å²) in [5.41, 5.74) is 7.83. The van der Waals surface area contributed by atoms with Crippen molar-refractivity contribution in [2.24, 2.45) is 0 Å². The van der Waals surface area contributed by atoms with Gasteiger partial charge in [-0.25, -0.2) is 4.79 Å². The van der Waals surface area contributed by atoms with E-state index in [-0.39, 0.29) is 5.97 Å². The highest BCUT2D eigenvalue weighted by molar-refractivity contribution is 7.98. The van der Waals surface area contributed by atoms with Crippen molar-refractivity contribution in [3.63, 3.8) is 0 Å². The zero-order chi connectivity index (χ0) is 13.4. The summed E-state index contributed by atoms with van der Waals surface area (Å²) in [5.74, 6) is 1.94. The van der Waals surface area contributed by atoms with E-state index in [9.17, 15) is 4.79 Å². The number of hydrogen-bond acceptors (Lipinski definition) is 6. The van der Waals surface area contributed by atoms with Gasteiger partial charge in [0.05, 0.1) is 12.8 Å². The Kier molecular flexibility index (Phi) is 3.56. The number of methoxy groups -OCH3 is 1. The van der Waals surface area contributed by atoms with Crippen LogP contribution in [0.25, 0.3) is 9.75 Å². The molecule has 0 saturated carbocycles. The fourth-order valence-corrected chi connectivity index (χ4v) is 5.49. The molecule has 0 aromatic carbocycles. The third-order valence-electron chi connectivity index (χ3n) is 3.00. The Morgan fingerprint density at radius 2 is 2.11 bits per heavy atom. The Morgan fingerprint density at radius 3 is 2.84 bits per heavy atom. The number of rotatable bonds is 2. The molecule has 0 radical (unpaired) electrons. The van der Waals surface area contributed by atoms with Crippen molar-refractivity contribution in [1.29, 1.82) is 0 Å². The van der Waals surface area contributed by atoms with Crippen molar-refractivity contribution in [1.82, 2.24) is 0 Å². The van der Waals surface area contributed by atoms with E-state index in [1.54, 1.807) is 0 Å². The average molecular weight is 311 g/mol. The number of esters is 1. The monoisotopic (exact) mass is 311 g/mol. The molecule has 0 saturated heterocycles. The van der Waals surface area contributed by atoms with Crippen LogP contribution in [-0.4, -0.2) is 18.8 Å². The van der Waals surface area contributed by atoms with Crippen LogP contribution < -0.4 is 5.73 Å². The first-order chi connectivity index (χ1) is 9.19. The molecule has 2 aromatic heterocycles. The number of nitrogens with two attached hydrogens (primary N) is 1. The van der Waals surface area contributed by atoms with Crippen molar-refractivity contribution in [2.75, 3.05) is 18.6 Å². The average Bonchev–Trinajstić information content (AvgIpc) is 3.00. The molecule has 3 heterocycles. The third-order valence-corrected chi connectivity index (χ3v) is 6.57. The third kappa shape index (κ3) is 2.40. The molecule has 6 heteroatoms. The first kappa shape index (κ1) is 13.0. The van der Waals surface area contributed by atoms with E-state index >= 15 is 0 Å². The zero-order valence-corrected chi connectivity index (χ0v) is 12.8. The lowest BCUT2D eigenvalue weighted by atomic mass is 10.2. The molecule has 3 rings (SSSR count). The molecule has 0 fully saturated rings. The van der Waals surface area contributed by atoms with Crippen LogP contribution in [0.15, 0.2) is 12.1 Å². The molecule has 0 spiro atoms. The van der Waals surface area contributed by atoms with Crippen molar-refractivity contribution in [3.05, 3.63) is 27.5 Å². The van der Waals surface area contributed by atoms with Crippen LogP contribution in [0.3, 0.4) is 0 Å². The van der Waals surface area contributed by atoms with Gasteiger partial charge in [-0.2, -0.15) is 11.8 Å². The van der Waals surface area contributed by atoms with Crippen molar-refractivity contribution in [3.8, 4) is 9.75 Å². The normalized spacial score (nSPS) is 14.2. The maximum absolute atomic E-state index is 11.6. The van der Waals surface area contributed by atoms with E-state index in [1.165, 1.54) is 39.5 Å². The summed E-state index contributed by atoms with van der Waals surface area (Å²) in [4.78, 5) is 15.8. The zero-order valence-electron chi connectivity index (χ0n) is 10.4. The van der Waals surface area contributed by atoms with Crippen LogP contribution >= 0.6 is 34.4 Å². The standard InChI is InChI=1S/C13H13NO2S3/c1-16-13(15)12-8(14)5-11(19-12)10-4-7-6-17-3-2-9(7)18-10/h4-5H,2-3,6,14H2,1H3. The Labute approximate surface area is 123 Å². The van der Waals surface area contributed by atoms with Gasteiger partial charge in [-0.1, -0.05) is 0 Å². The molecule has 19 heavy (non-hydrogen) atoms. The maximum atomic E-state index is 11.6. The summed E-state index contributed by atoms with van der Waals surface area (Å²) in [6, 6.07) is 4.11. The fourth-order valence-electron chi connectivity index (χ4n) is 2.05. The highest BCUT2D eigenvalue weighted by Gasteiger charge is 2.19. The van der Waals surface area contributed by atoms with Gasteiger partial charge in [-0.3, -0.25) is 0 Å². The molecule has 3 nitrogen and oxygen atoms in total. The molecule has 0 amide bonds. The molecule has 0 atom stereocenters. The van der Waals surface area contributed by atoms with Crippen molar-refractivity contribution in [2.45, 2.75) is 12.2 Å². The molecular weight excluding hydrogens is 298 g/mol.